The number of carbonyl (C=O) groups is 5. The van der Waals surface area contributed by atoms with Crippen LogP contribution in [0.25, 0.3) is 0 Å². The number of benzene rings is 6. The molecule has 6 aromatic carbocycles. The number of hydrogen-bond donors (Lipinski definition) is 8. The van der Waals surface area contributed by atoms with E-state index >= 15 is 0 Å². The number of amides is 4. The highest BCUT2D eigenvalue weighted by Crippen LogP contribution is 2.43. The van der Waals surface area contributed by atoms with E-state index in [-0.39, 0.29) is 189 Å². The molecular weight excluding hydrogens is 1710 g/mol. The fourth-order valence-corrected chi connectivity index (χ4v) is 20.5. The van der Waals surface area contributed by atoms with Gasteiger partial charge in [-0.25, -0.2) is 39.4 Å². The Balaban J connectivity index is 0.693. The van der Waals surface area contributed by atoms with Crippen LogP contribution in [0.5, 0.6) is 0 Å². The molecule has 6 aromatic rings. The summed E-state index contributed by atoms with van der Waals surface area (Å²) in [5.74, 6) is -5.55. The number of rotatable bonds is 45. The maximum Gasteiger partial charge on any atom is 0.307 e. The van der Waals surface area contributed by atoms with E-state index in [9.17, 15) is 54.3 Å². The van der Waals surface area contributed by atoms with E-state index in [1.165, 1.54) is 18.2 Å². The lowest BCUT2D eigenvalue weighted by atomic mass is 9.77. The van der Waals surface area contributed by atoms with E-state index in [1.807, 2.05) is 57.5 Å². The molecule has 1 saturated carbocycles. The predicted molar refractivity (Wildman–Crippen MR) is 454 cm³/mol. The van der Waals surface area contributed by atoms with Gasteiger partial charge in [0.15, 0.2) is 0 Å². The summed E-state index contributed by atoms with van der Waals surface area (Å²) < 4.78 is 117. The molecule has 1 fully saturated rings. The van der Waals surface area contributed by atoms with E-state index in [4.69, 9.17) is 93.3 Å². The second kappa shape index (κ2) is 44.7. The second-order valence-corrected chi connectivity index (χ2v) is 38.1. The Morgan fingerprint density at radius 2 is 0.712 bits per heavy atom. The molecule has 36 heteroatoms. The molecule has 0 unspecified atom stereocenters. The first-order chi connectivity index (χ1) is 56.4. The molecule has 3 heterocycles. The first kappa shape index (κ1) is 94.1. The number of aliphatic carboxylic acids is 1. The van der Waals surface area contributed by atoms with Crippen LogP contribution in [0.2, 0.25) is 30.1 Å². The number of carboxylic acids is 1. The summed E-state index contributed by atoms with van der Waals surface area (Å²) in [5, 5.41) is 24.9. The van der Waals surface area contributed by atoms with Crippen molar-refractivity contribution < 1.29 is 78.0 Å². The Kier molecular flexibility index (Phi) is 35.7. The molecule has 0 aromatic heterocycles. The molecule has 0 saturated heterocycles. The van der Waals surface area contributed by atoms with Crippen LogP contribution in [0.1, 0.15) is 132 Å². The molecule has 4 amide bonds. The fraction of sp³-hybridized carbons (Fsp3) is 0.500. The zero-order valence-corrected chi connectivity index (χ0v) is 73.2. The first-order valence-electron chi connectivity index (χ1n) is 39.4. The summed E-state index contributed by atoms with van der Waals surface area (Å²) in [4.78, 5) is 75.1. The van der Waals surface area contributed by atoms with Crippen LogP contribution in [-0.4, -0.2) is 226 Å². The molecule has 1 aliphatic carbocycles. The molecule has 5 atom stereocenters. The van der Waals surface area contributed by atoms with Gasteiger partial charge in [0.25, 0.3) is 0 Å². The molecule has 8 N–H and O–H groups in total. The van der Waals surface area contributed by atoms with E-state index in [1.54, 1.807) is 54.6 Å². The predicted octanol–water partition coefficient (Wildman–Crippen LogP) is 10.1. The summed E-state index contributed by atoms with van der Waals surface area (Å²) in [6.07, 6.45) is 0.879. The molecule has 3 aliphatic heterocycles. The minimum atomic E-state index is -3.99. The molecule has 27 nitrogen and oxygen atoms in total. The fourth-order valence-electron chi connectivity index (χ4n) is 15.6. The van der Waals surface area contributed by atoms with Crippen molar-refractivity contribution in [2.75, 3.05) is 146 Å². The summed E-state index contributed by atoms with van der Waals surface area (Å²) in [5.41, 5.74) is 6.59. The van der Waals surface area contributed by atoms with Crippen LogP contribution in [-0.2, 0) is 97.4 Å². The lowest BCUT2D eigenvalue weighted by molar-refractivity contribution is -0.149. The largest absolute Gasteiger partial charge is 0.481 e. The average Bonchev–Trinajstić information content (AvgIpc) is 0.781. The molecule has 0 spiro atoms. The smallest absolute Gasteiger partial charge is 0.307 e. The second-order valence-electron chi connectivity index (χ2n) is 30.2. The van der Waals surface area contributed by atoms with Gasteiger partial charge in [-0.2, -0.15) is 0 Å². The SMILES string of the molecule is CN1Cc2c(Cl)cc(Cl)cc2[C@H](c2cccc(S(=O)(=O)NCCOCCNC(=O)CCC(CCC(=O)NCCOCCOCCNS(=O)(=O)c3cccc([C@@H]4CN(C)Cc5c(Cl)cc(Cl)cc54)c3)(CCC(=O)NCCOCCOCCNS(=O)(=O)c3cccc([C@@H]4CN(C)Cc5c(Cl)cc(Cl)cc54)c3)NC(=O)[C@H]3CCCC[C@@H]3C(=O)O)c2)C1. The lowest BCUT2D eigenvalue weighted by Crippen LogP contribution is -2.54. The zero-order chi connectivity index (χ0) is 84.7. The minimum Gasteiger partial charge on any atom is -0.481 e. The standard InChI is InChI=1S/C82H104Cl6N10O17S3/c1-96-48-68(65-42-57(83)45-74(86)71(65)51-96)54-9-6-12-60(39-54)116(105,106)92-26-32-111-29-23-89-77(99)17-20-82(95-80(102)63-15-4-5-16-64(63)81(103)104,21-18-78(100)90-24-30-112-35-37-114-33-27-93-117(107,108)61-13-7-10-55(40-61)69-49-97(2)52-72-66(69)43-58(84)46-75(72)87)22-19-79(101)91-25-31-113-36-38-115-34-28-94-118(109,110)62-14-8-11-56(41-62)70-50-98(3)53-73-67(70)44-59(85)47-76(73)88/h6-14,39-47,63-64,68-70,92-94H,4-5,15-38,48-53H2,1-3H3,(H,89,99)(H,90,100)(H,91,101)(H,95,102)(H,103,104)/t63-,64-,68-,69-,70-/m0/s1. The van der Waals surface area contributed by atoms with Crippen molar-refractivity contribution in [1.82, 2.24) is 50.1 Å². The first-order valence-corrected chi connectivity index (χ1v) is 46.1. The molecule has 644 valence electrons. The number of fused-ring (bicyclic) bond motifs is 3. The van der Waals surface area contributed by atoms with E-state index in [0.29, 0.717) is 82.2 Å². The van der Waals surface area contributed by atoms with Gasteiger partial charge in [0.1, 0.15) is 0 Å². The molecule has 0 bridgehead atoms. The van der Waals surface area contributed by atoms with Crippen molar-refractivity contribution >= 4 is 129 Å². The van der Waals surface area contributed by atoms with Crippen molar-refractivity contribution in [3.05, 3.63) is 189 Å². The summed E-state index contributed by atoms with van der Waals surface area (Å²) >= 11 is 39.0. The van der Waals surface area contributed by atoms with Crippen LogP contribution >= 0.6 is 69.6 Å². The van der Waals surface area contributed by atoms with Crippen molar-refractivity contribution in [2.24, 2.45) is 11.8 Å². The van der Waals surface area contributed by atoms with Gasteiger partial charge in [0, 0.05) is 151 Å². The van der Waals surface area contributed by atoms with Gasteiger partial charge in [-0.3, -0.25) is 24.0 Å². The van der Waals surface area contributed by atoms with Crippen LogP contribution < -0.4 is 35.4 Å². The van der Waals surface area contributed by atoms with Gasteiger partial charge >= 0.3 is 5.97 Å². The Hall–Kier alpha value is -6.18. The van der Waals surface area contributed by atoms with Crippen LogP contribution in [0.3, 0.4) is 0 Å². The van der Waals surface area contributed by atoms with Gasteiger partial charge in [-0.05, 0) is 176 Å². The number of nitrogens with zero attached hydrogens (tertiary/aromatic N) is 3. The van der Waals surface area contributed by atoms with E-state index in [2.05, 4.69) is 50.1 Å². The van der Waals surface area contributed by atoms with Gasteiger partial charge in [0.05, 0.1) is 92.6 Å². The summed E-state index contributed by atoms with van der Waals surface area (Å²) in [6.45, 7) is 4.32. The van der Waals surface area contributed by atoms with Crippen LogP contribution in [0.15, 0.2) is 124 Å². The summed E-state index contributed by atoms with van der Waals surface area (Å²) in [7, 11) is -5.94. The number of halogens is 6. The Morgan fingerprint density at radius 1 is 0.415 bits per heavy atom. The van der Waals surface area contributed by atoms with Crippen molar-refractivity contribution in [1.29, 1.82) is 0 Å². The third-order valence-corrected chi connectivity index (χ3v) is 27.6. The minimum absolute atomic E-state index is 0.00898. The van der Waals surface area contributed by atoms with Gasteiger partial charge in [-0.1, -0.05) is 119 Å². The Bertz CT molecular complexity index is 4670. The number of ether oxygens (including phenoxy) is 5. The van der Waals surface area contributed by atoms with Crippen LogP contribution in [0.4, 0.5) is 0 Å². The number of nitrogens with one attached hydrogen (secondary N) is 7. The van der Waals surface area contributed by atoms with Gasteiger partial charge in [-0.15, -0.1) is 0 Å². The van der Waals surface area contributed by atoms with E-state index < -0.39 is 77.0 Å². The van der Waals surface area contributed by atoms with Gasteiger partial charge in [0.2, 0.25) is 53.7 Å². The number of carbonyl (C=O) groups excluding carboxylic acids is 4. The monoisotopic (exact) mass is 1810 g/mol. The van der Waals surface area contributed by atoms with Crippen LogP contribution in [0, 0.1) is 11.8 Å². The lowest BCUT2D eigenvalue weighted by Gasteiger charge is -2.38. The third-order valence-electron chi connectivity index (χ3n) is 21.6. The molecule has 4 aliphatic rings. The maximum atomic E-state index is 14.5. The third kappa shape index (κ3) is 27.2. The molecule has 0 radical (unpaired) electrons. The Morgan fingerprint density at radius 3 is 1.03 bits per heavy atom. The van der Waals surface area contributed by atoms with Crippen molar-refractivity contribution in [2.45, 2.75) is 122 Å². The Labute approximate surface area is 721 Å². The quantitative estimate of drug-likeness (QED) is 0.0165. The topological polar surface area (TPSA) is 348 Å². The molecular formula is C82H104Cl6N10O17S3. The van der Waals surface area contributed by atoms with Crippen molar-refractivity contribution in [3.8, 4) is 0 Å². The highest BCUT2D eigenvalue weighted by atomic mass is 35.5. The zero-order valence-electron chi connectivity index (χ0n) is 66.2. The number of likely N-dealkylation sites (N-methyl/N-ethyl adjacent to an activating group) is 3. The number of hydrogen-bond acceptors (Lipinski definition) is 19. The molecule has 118 heavy (non-hydrogen) atoms. The average molecular weight is 1810 g/mol. The number of sulfonamides is 3. The normalized spacial score (nSPS) is 18.1. The van der Waals surface area contributed by atoms with E-state index in [0.717, 1.165) is 50.1 Å². The molecule has 10 rings (SSSR count). The maximum absolute atomic E-state index is 14.5. The highest BCUT2D eigenvalue weighted by Gasteiger charge is 2.41. The van der Waals surface area contributed by atoms with Gasteiger partial charge < -0.3 is 64.8 Å². The number of carboxylic acid groups (broad SMARTS) is 1. The highest BCUT2D eigenvalue weighted by molar-refractivity contribution is 7.90. The van der Waals surface area contributed by atoms with Crippen molar-refractivity contribution in [3.63, 3.8) is 0 Å². The summed E-state index contributed by atoms with van der Waals surface area (Å²) in [6, 6.07) is 30.9.